The van der Waals surface area contributed by atoms with Crippen LogP contribution < -0.4 is 5.32 Å². The average molecular weight is 341 g/mol. The second-order valence-electron chi connectivity index (χ2n) is 4.14. The molecule has 0 fully saturated rings. The van der Waals surface area contributed by atoms with Gasteiger partial charge in [-0.25, -0.2) is 0 Å². The Morgan fingerprint density at radius 1 is 1.40 bits per heavy atom. The number of phenols is 1. The van der Waals surface area contributed by atoms with E-state index in [1.165, 1.54) is 12.1 Å². The van der Waals surface area contributed by atoms with Crippen LogP contribution in [0.4, 0.5) is 0 Å². The highest BCUT2D eigenvalue weighted by molar-refractivity contribution is 6.68. The minimum atomic E-state index is -1.80. The van der Waals surface area contributed by atoms with E-state index in [0.717, 1.165) is 12.8 Å². The van der Waals surface area contributed by atoms with Gasteiger partial charge in [-0.2, -0.15) is 0 Å². The monoisotopic (exact) mass is 339 g/mol. The topological polar surface area (TPSA) is 58.6 Å². The van der Waals surface area contributed by atoms with Crippen molar-refractivity contribution in [2.45, 2.75) is 29.8 Å². The van der Waals surface area contributed by atoms with Crippen LogP contribution in [0.5, 0.6) is 5.75 Å². The molecule has 0 heterocycles. The predicted octanol–water partition coefficient (Wildman–Crippen LogP) is 3.64. The molecule has 0 saturated carbocycles. The van der Waals surface area contributed by atoms with E-state index >= 15 is 0 Å². The molecule has 112 valence electrons. The van der Waals surface area contributed by atoms with E-state index in [0.29, 0.717) is 6.61 Å². The zero-order chi connectivity index (χ0) is 15.2. The Balaban J connectivity index is 2.74. The van der Waals surface area contributed by atoms with Crippen molar-refractivity contribution in [2.75, 3.05) is 6.61 Å². The van der Waals surface area contributed by atoms with Crippen molar-refractivity contribution in [3.05, 3.63) is 29.8 Å². The quantitative estimate of drug-likeness (QED) is 0.472. The molecule has 0 unspecified atom stereocenters. The minimum Gasteiger partial charge on any atom is -0.507 e. The molecule has 7 heteroatoms. The number of phenolic OH excluding ortho intramolecular Hbond substituents is 1. The van der Waals surface area contributed by atoms with Gasteiger partial charge in [0.25, 0.3) is 5.91 Å². The van der Waals surface area contributed by atoms with Crippen LogP contribution in [0, 0.1) is 0 Å². The van der Waals surface area contributed by atoms with E-state index in [1.807, 2.05) is 6.92 Å². The molecule has 0 aliphatic heterocycles. The maximum atomic E-state index is 12.0. The molecule has 0 aliphatic carbocycles. The molecule has 1 aromatic rings. The number of hydrogen-bond donors (Lipinski definition) is 2. The molecule has 0 spiro atoms. The second kappa shape index (κ2) is 7.93. The molecule has 0 aromatic heterocycles. The molecule has 0 saturated heterocycles. The van der Waals surface area contributed by atoms with Crippen molar-refractivity contribution in [3.63, 3.8) is 0 Å². The van der Waals surface area contributed by atoms with Gasteiger partial charge in [0.05, 0.1) is 5.56 Å². The Hall–Kier alpha value is -0.680. The summed E-state index contributed by atoms with van der Waals surface area (Å²) in [5, 5.41) is 12.1. The Bertz CT molecular complexity index is 449. The number of para-hydroxylation sites is 1. The van der Waals surface area contributed by atoms with E-state index in [-0.39, 0.29) is 11.3 Å². The van der Waals surface area contributed by atoms with Crippen LogP contribution in [0.1, 0.15) is 30.1 Å². The fraction of sp³-hybridized carbons (Fsp3) is 0.462. The summed E-state index contributed by atoms with van der Waals surface area (Å²) in [5.41, 5.74) is 0.0887. The van der Waals surface area contributed by atoms with Crippen molar-refractivity contribution in [2.24, 2.45) is 0 Å². The summed E-state index contributed by atoms with van der Waals surface area (Å²) < 4.78 is 3.57. The third-order valence-corrected chi connectivity index (χ3v) is 3.09. The lowest BCUT2D eigenvalue weighted by Gasteiger charge is -2.25. The lowest BCUT2D eigenvalue weighted by Crippen LogP contribution is -2.45. The Morgan fingerprint density at radius 3 is 2.60 bits per heavy atom. The Morgan fingerprint density at radius 2 is 2.05 bits per heavy atom. The molecule has 4 nitrogen and oxygen atoms in total. The second-order valence-corrected chi connectivity index (χ2v) is 6.51. The molecule has 0 radical (unpaired) electrons. The van der Waals surface area contributed by atoms with Crippen LogP contribution in [0.25, 0.3) is 0 Å². The van der Waals surface area contributed by atoms with Crippen LogP contribution in [0.3, 0.4) is 0 Å². The van der Waals surface area contributed by atoms with Crippen LogP contribution in [0.2, 0.25) is 0 Å². The van der Waals surface area contributed by atoms with Gasteiger partial charge in [-0.15, -0.1) is 0 Å². The maximum absolute atomic E-state index is 12.0. The van der Waals surface area contributed by atoms with Gasteiger partial charge in [-0.3, -0.25) is 4.79 Å². The number of unbranched alkanes of at least 4 members (excludes halogenated alkanes) is 1. The molecular formula is C13H16Cl3NO3. The van der Waals surface area contributed by atoms with E-state index < -0.39 is 15.9 Å². The van der Waals surface area contributed by atoms with Crippen LogP contribution in [0.15, 0.2) is 24.3 Å². The summed E-state index contributed by atoms with van der Waals surface area (Å²) in [4.78, 5) is 12.0. The Kier molecular flexibility index (Phi) is 6.89. The lowest BCUT2D eigenvalue weighted by molar-refractivity contribution is 0.0285. The number of benzene rings is 1. The van der Waals surface area contributed by atoms with Gasteiger partial charge in [-0.1, -0.05) is 60.3 Å². The highest BCUT2D eigenvalue weighted by Crippen LogP contribution is 2.31. The zero-order valence-electron chi connectivity index (χ0n) is 10.9. The molecule has 1 aromatic carbocycles. The molecular weight excluding hydrogens is 325 g/mol. The number of carbonyl (C=O) groups is 1. The first-order chi connectivity index (χ1) is 9.36. The molecule has 0 bridgehead atoms. The van der Waals surface area contributed by atoms with Crippen LogP contribution in [-0.4, -0.2) is 27.6 Å². The highest BCUT2D eigenvalue weighted by Gasteiger charge is 2.35. The first-order valence-corrected chi connectivity index (χ1v) is 7.26. The predicted molar refractivity (Wildman–Crippen MR) is 80.5 cm³/mol. The van der Waals surface area contributed by atoms with Gasteiger partial charge in [0, 0.05) is 6.61 Å². The molecule has 1 atom stereocenters. The number of ether oxygens (including phenoxy) is 1. The third kappa shape index (κ3) is 5.37. The smallest absolute Gasteiger partial charge is 0.257 e. The Labute approximate surface area is 133 Å². The SMILES string of the molecule is CCCCO[C@@H](NC(=O)c1ccccc1O)C(Cl)(Cl)Cl. The van der Waals surface area contributed by atoms with Crippen molar-refractivity contribution < 1.29 is 14.6 Å². The van der Waals surface area contributed by atoms with Gasteiger partial charge in [0.2, 0.25) is 3.79 Å². The number of nitrogens with one attached hydrogen (secondary N) is 1. The molecule has 1 amide bonds. The minimum absolute atomic E-state index is 0.0887. The summed E-state index contributed by atoms with van der Waals surface area (Å²) >= 11 is 17.3. The van der Waals surface area contributed by atoms with Crippen molar-refractivity contribution in [1.82, 2.24) is 5.32 Å². The van der Waals surface area contributed by atoms with E-state index in [9.17, 15) is 9.90 Å². The number of rotatable bonds is 6. The summed E-state index contributed by atoms with van der Waals surface area (Å²) in [7, 11) is 0. The summed E-state index contributed by atoms with van der Waals surface area (Å²) in [6, 6.07) is 6.09. The first-order valence-electron chi connectivity index (χ1n) is 6.13. The molecule has 20 heavy (non-hydrogen) atoms. The summed E-state index contributed by atoms with van der Waals surface area (Å²) in [5.74, 6) is -0.724. The molecule has 2 N–H and O–H groups in total. The van der Waals surface area contributed by atoms with Gasteiger partial charge >= 0.3 is 0 Å². The van der Waals surface area contributed by atoms with Gasteiger partial charge in [-0.05, 0) is 18.6 Å². The number of aromatic hydroxyl groups is 1. The first kappa shape index (κ1) is 17.4. The van der Waals surface area contributed by atoms with Gasteiger partial charge in [0.15, 0.2) is 6.23 Å². The third-order valence-electron chi connectivity index (χ3n) is 2.49. The molecule has 0 aliphatic rings. The normalized spacial score (nSPS) is 13.0. The number of alkyl halides is 3. The van der Waals surface area contributed by atoms with E-state index in [4.69, 9.17) is 39.5 Å². The van der Waals surface area contributed by atoms with Gasteiger partial charge < -0.3 is 15.2 Å². The number of hydrogen-bond acceptors (Lipinski definition) is 3. The fourth-order valence-corrected chi connectivity index (χ4v) is 1.78. The van der Waals surface area contributed by atoms with Crippen LogP contribution in [-0.2, 0) is 4.74 Å². The standard InChI is InChI=1S/C13H16Cl3NO3/c1-2-3-8-20-12(13(14,15)16)17-11(19)9-6-4-5-7-10(9)18/h4-7,12,18H,2-3,8H2,1H3,(H,17,19)/t12-/m1/s1. The summed E-state index contributed by atoms with van der Waals surface area (Å²) in [6.45, 7) is 2.35. The number of amides is 1. The van der Waals surface area contributed by atoms with Crippen molar-refractivity contribution in [3.8, 4) is 5.75 Å². The fourth-order valence-electron chi connectivity index (χ4n) is 1.43. The summed E-state index contributed by atoms with van der Waals surface area (Å²) in [6.07, 6.45) is 0.607. The zero-order valence-corrected chi connectivity index (χ0v) is 13.2. The van der Waals surface area contributed by atoms with Gasteiger partial charge in [0.1, 0.15) is 5.75 Å². The molecule has 1 rings (SSSR count). The average Bonchev–Trinajstić information content (AvgIpc) is 2.37. The van der Waals surface area contributed by atoms with E-state index in [2.05, 4.69) is 5.32 Å². The van der Waals surface area contributed by atoms with Crippen molar-refractivity contribution in [1.29, 1.82) is 0 Å². The van der Waals surface area contributed by atoms with Crippen molar-refractivity contribution >= 4 is 40.7 Å². The number of carbonyl (C=O) groups excluding carboxylic acids is 1. The largest absolute Gasteiger partial charge is 0.507 e. The van der Waals surface area contributed by atoms with Crippen LogP contribution >= 0.6 is 34.8 Å². The highest BCUT2D eigenvalue weighted by atomic mass is 35.6. The maximum Gasteiger partial charge on any atom is 0.257 e. The number of halogens is 3. The van der Waals surface area contributed by atoms with E-state index in [1.54, 1.807) is 12.1 Å². The lowest BCUT2D eigenvalue weighted by atomic mass is 10.2.